The fourth-order valence-electron chi connectivity index (χ4n) is 3.04. The Morgan fingerprint density at radius 2 is 1.90 bits per heavy atom. The lowest BCUT2D eigenvalue weighted by Crippen LogP contribution is -1.99. The molecule has 0 aliphatic heterocycles. The van der Waals surface area contributed by atoms with E-state index in [0.29, 0.717) is 16.7 Å². The summed E-state index contributed by atoms with van der Waals surface area (Å²) in [5, 5.41) is 12.2. The molecule has 1 saturated carbocycles. The highest BCUT2D eigenvalue weighted by molar-refractivity contribution is 6.31. The number of hydrogen-bond donors (Lipinski definition) is 1. The molecule has 0 radical (unpaired) electrons. The van der Waals surface area contributed by atoms with Crippen molar-refractivity contribution < 1.29 is 9.52 Å². The largest absolute Gasteiger partial charge is 0.458 e. The molecule has 1 aliphatic carbocycles. The molecule has 1 heterocycles. The molecular formula is C18H15ClO2. The Bertz CT molecular complexity index is 778. The summed E-state index contributed by atoms with van der Waals surface area (Å²) in [6.45, 7) is 0. The second kappa shape index (κ2) is 4.90. The predicted molar refractivity (Wildman–Crippen MR) is 83.5 cm³/mol. The Labute approximate surface area is 128 Å². The Hall–Kier alpha value is -1.77. The first-order valence-corrected chi connectivity index (χ1v) is 7.52. The number of aliphatic hydroxyl groups excluding tert-OH is 1. The number of halogens is 1. The van der Waals surface area contributed by atoms with Crippen molar-refractivity contribution in [2.24, 2.45) is 5.92 Å². The van der Waals surface area contributed by atoms with Crippen molar-refractivity contribution in [2.75, 3.05) is 0 Å². The average molecular weight is 299 g/mol. The van der Waals surface area contributed by atoms with Crippen molar-refractivity contribution >= 4 is 22.6 Å². The van der Waals surface area contributed by atoms with Crippen LogP contribution < -0.4 is 0 Å². The minimum Gasteiger partial charge on any atom is -0.458 e. The van der Waals surface area contributed by atoms with Crippen LogP contribution in [-0.4, -0.2) is 5.11 Å². The summed E-state index contributed by atoms with van der Waals surface area (Å²) in [5.41, 5.74) is 2.06. The number of rotatable bonds is 3. The summed E-state index contributed by atoms with van der Waals surface area (Å²) in [6, 6.07) is 17.7. The Morgan fingerprint density at radius 3 is 2.71 bits per heavy atom. The van der Waals surface area contributed by atoms with Crippen LogP contribution in [0.1, 0.15) is 29.8 Å². The van der Waals surface area contributed by atoms with Crippen LogP contribution in [0, 0.1) is 5.92 Å². The maximum atomic E-state index is 10.5. The SMILES string of the molecule is OC(c1cc2cc(Cl)ccc2o1)C1CC1c1ccccc1. The second-order valence-corrected chi connectivity index (χ2v) is 6.13. The van der Waals surface area contributed by atoms with E-state index in [1.54, 1.807) is 6.07 Å². The molecule has 1 aromatic heterocycles. The minimum absolute atomic E-state index is 0.239. The zero-order valence-corrected chi connectivity index (χ0v) is 12.1. The summed E-state index contributed by atoms with van der Waals surface area (Å²) in [7, 11) is 0. The zero-order valence-electron chi connectivity index (χ0n) is 11.4. The average Bonchev–Trinajstić information content (AvgIpc) is 3.20. The van der Waals surface area contributed by atoms with Crippen LogP contribution in [-0.2, 0) is 0 Å². The molecule has 3 aromatic rings. The van der Waals surface area contributed by atoms with Crippen molar-refractivity contribution in [3.05, 3.63) is 70.9 Å². The predicted octanol–water partition coefficient (Wildman–Crippen LogP) is 4.92. The first-order chi connectivity index (χ1) is 10.2. The Morgan fingerprint density at radius 1 is 1.10 bits per heavy atom. The third-order valence-electron chi connectivity index (χ3n) is 4.26. The summed E-state index contributed by atoms with van der Waals surface area (Å²) in [6.07, 6.45) is 0.449. The van der Waals surface area contributed by atoms with Crippen LogP contribution in [0.5, 0.6) is 0 Å². The highest BCUT2D eigenvalue weighted by Gasteiger charge is 2.44. The number of furan rings is 1. The molecule has 0 amide bonds. The molecule has 21 heavy (non-hydrogen) atoms. The highest BCUT2D eigenvalue weighted by atomic mass is 35.5. The van der Waals surface area contributed by atoms with Gasteiger partial charge in [0.2, 0.25) is 0 Å². The molecule has 1 N–H and O–H groups in total. The van der Waals surface area contributed by atoms with E-state index in [-0.39, 0.29) is 5.92 Å². The van der Waals surface area contributed by atoms with E-state index in [9.17, 15) is 5.11 Å². The number of aliphatic hydroxyl groups is 1. The molecule has 106 valence electrons. The van der Waals surface area contributed by atoms with Gasteiger partial charge in [-0.3, -0.25) is 0 Å². The molecule has 0 saturated heterocycles. The maximum absolute atomic E-state index is 10.5. The van der Waals surface area contributed by atoms with Gasteiger partial charge in [-0.25, -0.2) is 0 Å². The molecule has 3 atom stereocenters. The van der Waals surface area contributed by atoms with Crippen molar-refractivity contribution in [1.82, 2.24) is 0 Å². The fourth-order valence-corrected chi connectivity index (χ4v) is 3.22. The maximum Gasteiger partial charge on any atom is 0.134 e. The molecule has 3 unspecified atom stereocenters. The summed E-state index contributed by atoms with van der Waals surface area (Å²) >= 11 is 5.98. The summed E-state index contributed by atoms with van der Waals surface area (Å²) in [4.78, 5) is 0. The summed E-state index contributed by atoms with van der Waals surface area (Å²) in [5.74, 6) is 1.30. The van der Waals surface area contributed by atoms with Gasteiger partial charge in [0.15, 0.2) is 0 Å². The van der Waals surface area contributed by atoms with Crippen LogP contribution in [0.3, 0.4) is 0 Å². The van der Waals surface area contributed by atoms with Crippen LogP contribution in [0.2, 0.25) is 5.02 Å². The van der Waals surface area contributed by atoms with Crippen LogP contribution in [0.4, 0.5) is 0 Å². The topological polar surface area (TPSA) is 33.4 Å². The van der Waals surface area contributed by atoms with E-state index in [1.165, 1.54) is 5.56 Å². The zero-order chi connectivity index (χ0) is 14.4. The van der Waals surface area contributed by atoms with Crippen molar-refractivity contribution in [2.45, 2.75) is 18.4 Å². The van der Waals surface area contributed by atoms with E-state index in [2.05, 4.69) is 12.1 Å². The van der Waals surface area contributed by atoms with Crippen LogP contribution >= 0.6 is 11.6 Å². The number of hydrogen-bond acceptors (Lipinski definition) is 2. The first kappa shape index (κ1) is 12.9. The van der Waals surface area contributed by atoms with Gasteiger partial charge in [-0.1, -0.05) is 41.9 Å². The third kappa shape index (κ3) is 2.35. The van der Waals surface area contributed by atoms with Gasteiger partial charge in [-0.2, -0.15) is 0 Å². The van der Waals surface area contributed by atoms with E-state index >= 15 is 0 Å². The van der Waals surface area contributed by atoms with E-state index < -0.39 is 6.10 Å². The molecule has 1 aliphatic rings. The van der Waals surface area contributed by atoms with Gasteiger partial charge in [0.25, 0.3) is 0 Å². The summed E-state index contributed by atoms with van der Waals surface area (Å²) < 4.78 is 5.76. The first-order valence-electron chi connectivity index (χ1n) is 7.14. The second-order valence-electron chi connectivity index (χ2n) is 5.69. The quantitative estimate of drug-likeness (QED) is 0.744. The monoisotopic (exact) mass is 298 g/mol. The van der Waals surface area contributed by atoms with Crippen LogP contribution in [0.25, 0.3) is 11.0 Å². The molecule has 3 heteroatoms. The molecule has 0 spiro atoms. The van der Waals surface area contributed by atoms with Gasteiger partial charge >= 0.3 is 0 Å². The van der Waals surface area contributed by atoms with Gasteiger partial charge in [0, 0.05) is 10.4 Å². The molecule has 1 fully saturated rings. The van der Waals surface area contributed by atoms with E-state index in [4.69, 9.17) is 16.0 Å². The normalized spacial score (nSPS) is 22.4. The molecule has 2 nitrogen and oxygen atoms in total. The molecule has 0 bridgehead atoms. The highest BCUT2D eigenvalue weighted by Crippen LogP contribution is 2.54. The third-order valence-corrected chi connectivity index (χ3v) is 4.50. The molecule has 4 rings (SSSR count). The van der Waals surface area contributed by atoms with Gasteiger partial charge in [-0.05, 0) is 48.1 Å². The van der Waals surface area contributed by atoms with Gasteiger partial charge in [0.1, 0.15) is 17.4 Å². The van der Waals surface area contributed by atoms with Crippen molar-refractivity contribution in [1.29, 1.82) is 0 Å². The van der Waals surface area contributed by atoms with Crippen LogP contribution in [0.15, 0.2) is 59.0 Å². The van der Waals surface area contributed by atoms with Crippen molar-refractivity contribution in [3.8, 4) is 0 Å². The van der Waals surface area contributed by atoms with Gasteiger partial charge in [-0.15, -0.1) is 0 Å². The number of fused-ring (bicyclic) bond motifs is 1. The number of benzene rings is 2. The lowest BCUT2D eigenvalue weighted by molar-refractivity contribution is 0.127. The lowest BCUT2D eigenvalue weighted by Gasteiger charge is -2.07. The van der Waals surface area contributed by atoms with Gasteiger partial charge < -0.3 is 9.52 Å². The van der Waals surface area contributed by atoms with E-state index in [1.807, 2.05) is 36.4 Å². The molecule has 2 aromatic carbocycles. The Kier molecular flexibility index (Phi) is 3.02. The molecular weight excluding hydrogens is 284 g/mol. The van der Waals surface area contributed by atoms with Crippen molar-refractivity contribution in [3.63, 3.8) is 0 Å². The standard InChI is InChI=1S/C18H15ClO2/c19-13-6-7-16-12(8-13)9-17(21-16)18(20)15-10-14(15)11-4-2-1-3-5-11/h1-9,14-15,18,20H,10H2. The minimum atomic E-state index is -0.554. The van der Waals surface area contributed by atoms with E-state index in [0.717, 1.165) is 17.4 Å². The smallest absolute Gasteiger partial charge is 0.134 e. The lowest BCUT2D eigenvalue weighted by atomic mass is 10.1. The fraction of sp³-hybridized carbons (Fsp3) is 0.222. The van der Waals surface area contributed by atoms with Gasteiger partial charge in [0.05, 0.1) is 0 Å². The Balaban J connectivity index is 1.58.